The molecule has 1 N–H and O–H groups in total. The third-order valence-corrected chi connectivity index (χ3v) is 7.26. The number of nitrogens with one attached hydrogen (secondary N) is 1. The Hall–Kier alpha value is -0.810. The highest BCUT2D eigenvalue weighted by Gasteiger charge is 2.38. The molecule has 1 unspecified atom stereocenters. The maximum Gasteiger partial charge on any atom is 0.225 e. The lowest BCUT2D eigenvalue weighted by atomic mass is 9.94. The van der Waals surface area contributed by atoms with Crippen molar-refractivity contribution in [2.75, 3.05) is 39.8 Å². The van der Waals surface area contributed by atoms with Gasteiger partial charge >= 0.3 is 0 Å². The molecule has 1 aliphatic carbocycles. The van der Waals surface area contributed by atoms with Crippen molar-refractivity contribution < 1.29 is 4.79 Å². The number of hydrogen-bond donors (Lipinski definition) is 1. The van der Waals surface area contributed by atoms with Crippen LogP contribution in [0, 0.1) is 11.8 Å². The molecule has 0 aromatic heterocycles. The lowest BCUT2D eigenvalue weighted by molar-refractivity contribution is -0.136. The van der Waals surface area contributed by atoms with Gasteiger partial charge in [0.2, 0.25) is 5.91 Å². The normalized spacial score (nSPS) is 27.3. The van der Waals surface area contributed by atoms with E-state index < -0.39 is 0 Å². The third-order valence-electron chi connectivity index (χ3n) is 6.52. The molecule has 1 aromatic rings. The van der Waals surface area contributed by atoms with E-state index in [0.29, 0.717) is 16.0 Å². The summed E-state index contributed by atoms with van der Waals surface area (Å²) < 4.78 is 0. The van der Waals surface area contributed by atoms with Crippen LogP contribution in [0.2, 0.25) is 10.0 Å². The Morgan fingerprint density at radius 2 is 1.85 bits per heavy atom. The van der Waals surface area contributed by atoms with Gasteiger partial charge in [-0.3, -0.25) is 4.79 Å². The Morgan fingerprint density at radius 3 is 2.48 bits per heavy atom. The fraction of sp³-hybridized carbons (Fsp3) is 0.667. The lowest BCUT2D eigenvalue weighted by Crippen LogP contribution is -2.43. The second-order valence-corrected chi connectivity index (χ2v) is 9.25. The van der Waals surface area contributed by atoms with E-state index in [1.807, 2.05) is 25.2 Å². The van der Waals surface area contributed by atoms with Crippen LogP contribution in [0.5, 0.6) is 0 Å². The highest BCUT2D eigenvalue weighted by Crippen LogP contribution is 2.34. The molecule has 2 aliphatic heterocycles. The van der Waals surface area contributed by atoms with Crippen LogP contribution in [-0.2, 0) is 4.79 Å². The Balaban J connectivity index is 1.37. The molecule has 2 saturated heterocycles. The summed E-state index contributed by atoms with van der Waals surface area (Å²) in [6, 6.07) is 6.09. The maximum absolute atomic E-state index is 13.1. The third kappa shape index (κ3) is 4.45. The first kappa shape index (κ1) is 19.5. The summed E-state index contributed by atoms with van der Waals surface area (Å²) >= 11 is 12.3. The molecule has 0 spiro atoms. The maximum atomic E-state index is 13.1. The fourth-order valence-electron chi connectivity index (χ4n) is 4.64. The molecule has 1 saturated carbocycles. The zero-order valence-electron chi connectivity index (χ0n) is 16.0. The largest absolute Gasteiger partial charge is 0.340 e. The molecule has 4 rings (SSSR count). The number of nitrogens with zero attached hydrogens (tertiary/aromatic N) is 2. The van der Waals surface area contributed by atoms with E-state index in [-0.39, 0.29) is 17.9 Å². The zero-order valence-corrected chi connectivity index (χ0v) is 17.5. The van der Waals surface area contributed by atoms with Gasteiger partial charge in [-0.1, -0.05) is 29.3 Å². The van der Waals surface area contributed by atoms with E-state index in [1.54, 1.807) is 0 Å². The Bertz CT molecular complexity index is 686. The van der Waals surface area contributed by atoms with Gasteiger partial charge < -0.3 is 15.1 Å². The number of benzene rings is 1. The van der Waals surface area contributed by atoms with E-state index in [0.717, 1.165) is 50.5 Å². The van der Waals surface area contributed by atoms with Crippen LogP contribution in [0.4, 0.5) is 0 Å². The van der Waals surface area contributed by atoms with Crippen molar-refractivity contribution in [2.45, 2.75) is 37.6 Å². The summed E-state index contributed by atoms with van der Waals surface area (Å²) in [6.07, 6.45) is 4.80. The second-order valence-electron chi connectivity index (χ2n) is 8.44. The van der Waals surface area contributed by atoms with Gasteiger partial charge in [-0.25, -0.2) is 0 Å². The van der Waals surface area contributed by atoms with E-state index in [4.69, 9.17) is 23.2 Å². The summed E-state index contributed by atoms with van der Waals surface area (Å²) in [7, 11) is 1.97. The van der Waals surface area contributed by atoms with Crippen LogP contribution in [0.1, 0.15) is 37.2 Å². The Kier molecular flexibility index (Phi) is 5.98. The SMILES string of the molecule is CNC1CN(C(=O)C2CCN(CC3CC3)CC2)C[C@@H]1c1ccc(Cl)c(Cl)c1. The van der Waals surface area contributed by atoms with E-state index in [9.17, 15) is 4.79 Å². The standard InChI is InChI=1S/C21H29Cl2N3O/c1-24-20-13-26(12-17(20)16-4-5-18(22)19(23)10-16)21(27)15-6-8-25(9-7-15)11-14-2-3-14/h4-5,10,14-15,17,20,24H,2-3,6-9,11-13H2,1H3/t17-,20?/m1/s1. The summed E-state index contributed by atoms with van der Waals surface area (Å²) in [5, 5.41) is 4.55. The highest BCUT2D eigenvalue weighted by molar-refractivity contribution is 6.42. The van der Waals surface area contributed by atoms with Crippen LogP contribution >= 0.6 is 23.2 Å². The Labute approximate surface area is 172 Å². The quantitative estimate of drug-likeness (QED) is 0.806. The number of likely N-dealkylation sites (N-methyl/N-ethyl adjacent to an activating group) is 1. The molecule has 2 atom stereocenters. The molecule has 2 heterocycles. The van der Waals surface area contributed by atoms with Crippen molar-refractivity contribution in [3.63, 3.8) is 0 Å². The topological polar surface area (TPSA) is 35.6 Å². The number of amides is 1. The molecule has 4 nitrogen and oxygen atoms in total. The molecule has 148 valence electrons. The average Bonchev–Trinajstić information content (AvgIpc) is 3.39. The molecule has 6 heteroatoms. The molecule has 27 heavy (non-hydrogen) atoms. The van der Waals surface area contributed by atoms with Crippen molar-refractivity contribution in [1.29, 1.82) is 0 Å². The molecule has 1 aromatic carbocycles. The van der Waals surface area contributed by atoms with Crippen molar-refractivity contribution in [1.82, 2.24) is 15.1 Å². The first-order valence-corrected chi connectivity index (χ1v) is 10.9. The van der Waals surface area contributed by atoms with E-state index in [2.05, 4.69) is 15.1 Å². The number of hydrogen-bond acceptors (Lipinski definition) is 3. The zero-order chi connectivity index (χ0) is 19.0. The first-order valence-electron chi connectivity index (χ1n) is 10.2. The molecular formula is C21H29Cl2N3O. The van der Waals surface area contributed by atoms with Crippen molar-refractivity contribution in [2.24, 2.45) is 11.8 Å². The number of carbonyl (C=O) groups is 1. The van der Waals surface area contributed by atoms with Gasteiger partial charge in [-0.2, -0.15) is 0 Å². The average molecular weight is 410 g/mol. The number of rotatable bonds is 5. The van der Waals surface area contributed by atoms with Crippen molar-refractivity contribution >= 4 is 29.1 Å². The van der Waals surface area contributed by atoms with Gasteiger partial charge in [-0.05, 0) is 69.4 Å². The lowest BCUT2D eigenvalue weighted by Gasteiger charge is -2.33. The van der Waals surface area contributed by atoms with Gasteiger partial charge in [0.1, 0.15) is 0 Å². The fourth-order valence-corrected chi connectivity index (χ4v) is 4.95. The number of carbonyl (C=O) groups excluding carboxylic acids is 1. The Morgan fingerprint density at radius 1 is 1.11 bits per heavy atom. The van der Waals surface area contributed by atoms with E-state index >= 15 is 0 Å². The van der Waals surface area contributed by atoms with Gasteiger partial charge in [0, 0.05) is 37.5 Å². The molecule has 0 radical (unpaired) electrons. The number of piperidine rings is 1. The first-order chi connectivity index (χ1) is 13.0. The van der Waals surface area contributed by atoms with E-state index in [1.165, 1.54) is 19.4 Å². The van der Waals surface area contributed by atoms with Crippen molar-refractivity contribution in [3.05, 3.63) is 33.8 Å². The summed E-state index contributed by atoms with van der Waals surface area (Å²) in [6.45, 7) is 4.91. The molecule has 1 amide bonds. The van der Waals surface area contributed by atoms with Crippen LogP contribution < -0.4 is 5.32 Å². The van der Waals surface area contributed by atoms with Gasteiger partial charge in [-0.15, -0.1) is 0 Å². The summed E-state index contributed by atoms with van der Waals surface area (Å²) in [5.74, 6) is 1.71. The smallest absolute Gasteiger partial charge is 0.225 e. The second kappa shape index (κ2) is 8.28. The predicted molar refractivity (Wildman–Crippen MR) is 111 cm³/mol. The minimum atomic E-state index is 0.186. The summed E-state index contributed by atoms with van der Waals surface area (Å²) in [4.78, 5) is 17.8. The van der Waals surface area contributed by atoms with Crippen molar-refractivity contribution in [3.8, 4) is 0 Å². The molecule has 3 fully saturated rings. The van der Waals surface area contributed by atoms with Crippen LogP contribution in [-0.4, -0.2) is 61.5 Å². The highest BCUT2D eigenvalue weighted by atomic mass is 35.5. The summed E-state index contributed by atoms with van der Waals surface area (Å²) in [5.41, 5.74) is 1.15. The monoisotopic (exact) mass is 409 g/mol. The minimum absolute atomic E-state index is 0.186. The number of halogens is 2. The van der Waals surface area contributed by atoms with Gasteiger partial charge in [0.25, 0.3) is 0 Å². The van der Waals surface area contributed by atoms with Crippen LogP contribution in [0.3, 0.4) is 0 Å². The molecular weight excluding hydrogens is 381 g/mol. The minimum Gasteiger partial charge on any atom is -0.340 e. The molecule has 0 bridgehead atoms. The van der Waals surface area contributed by atoms with Crippen LogP contribution in [0.25, 0.3) is 0 Å². The predicted octanol–water partition coefficient (Wildman–Crippen LogP) is 3.63. The van der Waals surface area contributed by atoms with Crippen LogP contribution in [0.15, 0.2) is 18.2 Å². The van der Waals surface area contributed by atoms with Gasteiger partial charge in [0.15, 0.2) is 0 Å². The molecule has 3 aliphatic rings. The van der Waals surface area contributed by atoms with Gasteiger partial charge in [0.05, 0.1) is 10.0 Å². The number of likely N-dealkylation sites (tertiary alicyclic amines) is 2.